The lowest BCUT2D eigenvalue weighted by Gasteiger charge is -2.25. The summed E-state index contributed by atoms with van der Waals surface area (Å²) in [5.74, 6) is -2.91. The number of carbonyl (C=O) groups is 3. The van der Waals surface area contributed by atoms with Crippen LogP contribution in [0.2, 0.25) is 0 Å². The van der Waals surface area contributed by atoms with Gasteiger partial charge >= 0.3 is 5.97 Å². The maximum absolute atomic E-state index is 13.8. The molecule has 8 heteroatoms. The number of hydrogen-bond donors (Lipinski definition) is 1. The largest absolute Gasteiger partial charge is 0.507 e. The molecule has 4 rings (SSSR count). The van der Waals surface area contributed by atoms with E-state index >= 15 is 0 Å². The van der Waals surface area contributed by atoms with Gasteiger partial charge in [0.25, 0.3) is 11.7 Å². The van der Waals surface area contributed by atoms with Crippen molar-refractivity contribution in [3.63, 3.8) is 0 Å². The number of halogens is 1. The lowest BCUT2D eigenvalue weighted by atomic mass is 9.95. The van der Waals surface area contributed by atoms with Crippen molar-refractivity contribution in [1.82, 2.24) is 4.98 Å². The maximum atomic E-state index is 13.8. The first-order valence-electron chi connectivity index (χ1n) is 11.4. The second-order valence-electron chi connectivity index (χ2n) is 8.96. The molecule has 1 N–H and O–H groups in total. The highest BCUT2D eigenvalue weighted by Gasteiger charge is 2.47. The number of anilines is 1. The van der Waals surface area contributed by atoms with Gasteiger partial charge in [-0.05, 0) is 72.5 Å². The fourth-order valence-corrected chi connectivity index (χ4v) is 3.98. The number of amides is 1. The number of nitrogens with zero attached hydrogens (tertiary/aromatic N) is 2. The zero-order chi connectivity index (χ0) is 26.0. The Morgan fingerprint density at radius 3 is 2.42 bits per heavy atom. The maximum Gasteiger partial charge on any atom is 0.338 e. The van der Waals surface area contributed by atoms with Crippen molar-refractivity contribution in [3.8, 4) is 0 Å². The Hall–Kier alpha value is -4.33. The summed E-state index contributed by atoms with van der Waals surface area (Å²) in [6, 6.07) is 12.4. The van der Waals surface area contributed by atoms with Crippen LogP contribution < -0.4 is 4.90 Å². The molecule has 1 aromatic heterocycles. The van der Waals surface area contributed by atoms with Crippen LogP contribution in [0.25, 0.3) is 5.76 Å². The minimum Gasteiger partial charge on any atom is -0.507 e. The topological polar surface area (TPSA) is 96.8 Å². The molecule has 0 saturated carbocycles. The second kappa shape index (κ2) is 10.1. The molecular weight excluding hydrogens is 463 g/mol. The summed E-state index contributed by atoms with van der Waals surface area (Å²) in [5, 5.41) is 11.1. The van der Waals surface area contributed by atoms with Crippen molar-refractivity contribution in [2.45, 2.75) is 26.8 Å². The molecule has 1 saturated heterocycles. The Balaban J connectivity index is 1.79. The van der Waals surface area contributed by atoms with Gasteiger partial charge in [-0.2, -0.15) is 0 Å². The number of ketones is 1. The highest BCUT2D eigenvalue weighted by atomic mass is 19.1. The average Bonchev–Trinajstić information content (AvgIpc) is 3.14. The molecule has 36 heavy (non-hydrogen) atoms. The van der Waals surface area contributed by atoms with Gasteiger partial charge in [0.1, 0.15) is 11.6 Å². The molecule has 0 aliphatic carbocycles. The lowest BCUT2D eigenvalue weighted by Crippen LogP contribution is -2.29. The summed E-state index contributed by atoms with van der Waals surface area (Å²) in [5.41, 5.74) is 1.50. The van der Waals surface area contributed by atoms with E-state index in [2.05, 4.69) is 4.98 Å². The quantitative estimate of drug-likeness (QED) is 0.228. The predicted octanol–water partition coefficient (Wildman–Crippen LogP) is 4.97. The van der Waals surface area contributed by atoms with Crippen LogP contribution >= 0.6 is 0 Å². The normalized spacial score (nSPS) is 17.0. The summed E-state index contributed by atoms with van der Waals surface area (Å²) >= 11 is 0. The van der Waals surface area contributed by atoms with Gasteiger partial charge in [0.2, 0.25) is 0 Å². The first-order valence-corrected chi connectivity index (χ1v) is 11.4. The first-order chi connectivity index (χ1) is 17.2. The van der Waals surface area contributed by atoms with Crippen molar-refractivity contribution < 1.29 is 28.6 Å². The van der Waals surface area contributed by atoms with Gasteiger partial charge in [-0.3, -0.25) is 19.5 Å². The molecule has 1 aliphatic heterocycles. The van der Waals surface area contributed by atoms with Crippen molar-refractivity contribution in [2.75, 3.05) is 11.5 Å². The van der Waals surface area contributed by atoms with Crippen LogP contribution in [0, 0.1) is 18.7 Å². The van der Waals surface area contributed by atoms with E-state index in [0.29, 0.717) is 16.8 Å². The molecule has 1 amide bonds. The van der Waals surface area contributed by atoms with Crippen LogP contribution in [0.4, 0.5) is 10.1 Å². The SMILES string of the molecule is Cc1cc(/C(O)=C2/C(=O)C(=O)N(c3ccc(C(=O)OCC(C)C)cc3)C2c2cccnc2)ccc1F. The van der Waals surface area contributed by atoms with Gasteiger partial charge in [-0.1, -0.05) is 19.9 Å². The predicted molar refractivity (Wildman–Crippen MR) is 132 cm³/mol. The molecule has 0 spiro atoms. The Bertz CT molecular complexity index is 1350. The third-order valence-corrected chi connectivity index (χ3v) is 5.80. The zero-order valence-corrected chi connectivity index (χ0v) is 20.1. The van der Waals surface area contributed by atoms with E-state index in [1.165, 1.54) is 48.4 Å². The van der Waals surface area contributed by atoms with Crippen LogP contribution in [0.1, 0.15) is 46.9 Å². The Kier molecular flexibility index (Phi) is 6.96. The van der Waals surface area contributed by atoms with E-state index in [9.17, 15) is 23.9 Å². The van der Waals surface area contributed by atoms with E-state index in [-0.39, 0.29) is 29.2 Å². The number of aromatic nitrogens is 1. The van der Waals surface area contributed by atoms with Crippen molar-refractivity contribution in [2.24, 2.45) is 5.92 Å². The van der Waals surface area contributed by atoms with Gasteiger partial charge in [0.05, 0.1) is 23.8 Å². The summed E-state index contributed by atoms with van der Waals surface area (Å²) in [4.78, 5) is 44.1. The summed E-state index contributed by atoms with van der Waals surface area (Å²) in [6.45, 7) is 5.67. The van der Waals surface area contributed by atoms with Crippen LogP contribution in [0.3, 0.4) is 0 Å². The number of aliphatic hydroxyl groups excluding tert-OH is 1. The molecular formula is C28H25FN2O5. The fraction of sp³-hybridized carbons (Fsp3) is 0.214. The zero-order valence-electron chi connectivity index (χ0n) is 20.1. The molecule has 7 nitrogen and oxygen atoms in total. The van der Waals surface area contributed by atoms with Gasteiger partial charge in [-0.15, -0.1) is 0 Å². The minimum absolute atomic E-state index is 0.139. The molecule has 1 unspecified atom stereocenters. The van der Waals surface area contributed by atoms with Crippen molar-refractivity contribution >= 4 is 29.1 Å². The minimum atomic E-state index is -0.984. The summed E-state index contributed by atoms with van der Waals surface area (Å²) in [7, 11) is 0. The summed E-state index contributed by atoms with van der Waals surface area (Å²) in [6.07, 6.45) is 3.06. The van der Waals surface area contributed by atoms with Crippen molar-refractivity contribution in [1.29, 1.82) is 0 Å². The molecule has 1 fully saturated rings. The van der Waals surface area contributed by atoms with E-state index < -0.39 is 35.3 Å². The van der Waals surface area contributed by atoms with Crippen LogP contribution in [-0.4, -0.2) is 34.4 Å². The molecule has 2 heterocycles. The molecule has 184 valence electrons. The number of esters is 1. The lowest BCUT2D eigenvalue weighted by molar-refractivity contribution is -0.132. The Morgan fingerprint density at radius 2 is 1.81 bits per heavy atom. The van der Waals surface area contributed by atoms with E-state index in [0.717, 1.165) is 0 Å². The third kappa shape index (κ3) is 4.75. The van der Waals surface area contributed by atoms with Crippen LogP contribution in [0.5, 0.6) is 0 Å². The Labute approximate surface area is 207 Å². The number of hydrogen-bond acceptors (Lipinski definition) is 6. The second-order valence-corrected chi connectivity index (χ2v) is 8.96. The molecule has 3 aromatic rings. The molecule has 0 radical (unpaired) electrons. The van der Waals surface area contributed by atoms with E-state index in [4.69, 9.17) is 4.74 Å². The highest BCUT2D eigenvalue weighted by molar-refractivity contribution is 6.51. The van der Waals surface area contributed by atoms with E-state index in [1.54, 1.807) is 30.5 Å². The van der Waals surface area contributed by atoms with Crippen LogP contribution in [-0.2, 0) is 14.3 Å². The van der Waals surface area contributed by atoms with Gasteiger partial charge in [0, 0.05) is 23.6 Å². The average molecular weight is 489 g/mol. The van der Waals surface area contributed by atoms with Gasteiger partial charge < -0.3 is 9.84 Å². The standard InChI is InChI=1S/C28H25FN2O5/c1-16(2)15-36-28(35)18-6-9-21(10-7-18)31-24(20-5-4-12-30-14-20)23(26(33)27(31)34)25(32)19-8-11-22(29)17(3)13-19/h4-14,16,24,32H,15H2,1-3H3/b25-23-. The van der Waals surface area contributed by atoms with Crippen LogP contribution in [0.15, 0.2) is 72.6 Å². The number of aryl methyl sites for hydroxylation is 1. The number of carbonyl (C=O) groups excluding carboxylic acids is 3. The first kappa shape index (κ1) is 24.8. The third-order valence-electron chi connectivity index (χ3n) is 5.80. The summed E-state index contributed by atoms with van der Waals surface area (Å²) < 4.78 is 19.1. The number of ether oxygens (including phenoxy) is 1. The molecule has 2 aromatic carbocycles. The number of rotatable bonds is 6. The number of aliphatic hydroxyl groups is 1. The fourth-order valence-electron chi connectivity index (χ4n) is 3.98. The number of benzene rings is 2. The smallest absolute Gasteiger partial charge is 0.338 e. The molecule has 0 bridgehead atoms. The Morgan fingerprint density at radius 1 is 1.11 bits per heavy atom. The highest BCUT2D eigenvalue weighted by Crippen LogP contribution is 2.42. The van der Waals surface area contributed by atoms with Crippen molar-refractivity contribution in [3.05, 3.63) is 101 Å². The number of pyridine rings is 1. The number of Topliss-reactive ketones (excluding diaryl/α,β-unsaturated/α-hetero) is 1. The van der Waals surface area contributed by atoms with E-state index in [1.807, 2.05) is 13.8 Å². The molecule has 1 aliphatic rings. The molecule has 1 atom stereocenters. The van der Waals surface area contributed by atoms with Gasteiger partial charge in [-0.25, -0.2) is 9.18 Å². The monoisotopic (exact) mass is 488 g/mol. The van der Waals surface area contributed by atoms with Gasteiger partial charge in [0.15, 0.2) is 0 Å².